The molecular weight excluding hydrogens is 827 g/mol. The van der Waals surface area contributed by atoms with Gasteiger partial charge in [-0.3, -0.25) is 9.59 Å². The number of aliphatic hydroxyl groups excluding tert-OH is 2. The molecule has 0 bridgehead atoms. The number of aliphatic hydroxyl groups is 2. The van der Waals surface area contributed by atoms with Gasteiger partial charge in [0.1, 0.15) is 0 Å². The van der Waals surface area contributed by atoms with Gasteiger partial charge in [-0.25, -0.2) is 0 Å². The summed E-state index contributed by atoms with van der Waals surface area (Å²) >= 11 is 0. The van der Waals surface area contributed by atoms with Crippen LogP contribution >= 0.6 is 0 Å². The second kappa shape index (κ2) is 56.2. The van der Waals surface area contributed by atoms with E-state index in [9.17, 15) is 19.8 Å². The van der Waals surface area contributed by atoms with Crippen molar-refractivity contribution in [1.29, 1.82) is 0 Å². The number of rotatable bonds is 53. The minimum absolute atomic E-state index is 0.0306. The summed E-state index contributed by atoms with van der Waals surface area (Å²) in [7, 11) is 0. The maximum Gasteiger partial charge on any atom is 0.305 e. The van der Waals surface area contributed by atoms with Crippen LogP contribution in [-0.4, -0.2) is 47.4 Å². The highest BCUT2D eigenvalue weighted by Gasteiger charge is 2.18. The lowest BCUT2D eigenvalue weighted by atomic mass is 10.0. The van der Waals surface area contributed by atoms with E-state index < -0.39 is 12.1 Å². The maximum atomic E-state index is 12.5. The van der Waals surface area contributed by atoms with E-state index in [4.69, 9.17) is 4.74 Å². The molecule has 6 nitrogen and oxygen atoms in total. The molecular formula is C61H111NO5. The number of nitrogens with one attached hydrogen (secondary N) is 1. The van der Waals surface area contributed by atoms with Crippen LogP contribution in [-0.2, 0) is 14.3 Å². The lowest BCUT2D eigenvalue weighted by molar-refractivity contribution is -0.143. The highest BCUT2D eigenvalue weighted by molar-refractivity contribution is 5.76. The van der Waals surface area contributed by atoms with Gasteiger partial charge < -0.3 is 20.3 Å². The van der Waals surface area contributed by atoms with Gasteiger partial charge in [0, 0.05) is 12.8 Å². The van der Waals surface area contributed by atoms with Gasteiger partial charge in [0.2, 0.25) is 5.91 Å². The van der Waals surface area contributed by atoms with Gasteiger partial charge in [-0.05, 0) is 103 Å². The summed E-state index contributed by atoms with van der Waals surface area (Å²) in [5.41, 5.74) is 0. The Morgan fingerprint density at radius 1 is 0.418 bits per heavy atom. The Hall–Kier alpha value is -2.44. The van der Waals surface area contributed by atoms with E-state index in [1.54, 1.807) is 6.08 Å². The molecule has 0 aliphatic heterocycles. The summed E-state index contributed by atoms with van der Waals surface area (Å²) < 4.78 is 5.45. The molecule has 67 heavy (non-hydrogen) atoms. The SMILES string of the molecule is CCCCCC/C=C\C/C=C\CCCCCCCC(=O)OCCCCC/C=C\C/C=C\CCCCCCCCCC(=O)NC(CO)C(O)/C=C/CCCCCCCCCCCCCCCCC. The molecule has 0 heterocycles. The fourth-order valence-corrected chi connectivity index (χ4v) is 8.52. The molecule has 0 rings (SSSR count). The van der Waals surface area contributed by atoms with Gasteiger partial charge in [0.15, 0.2) is 0 Å². The van der Waals surface area contributed by atoms with Crippen LogP contribution < -0.4 is 5.32 Å². The van der Waals surface area contributed by atoms with Crippen molar-refractivity contribution in [2.75, 3.05) is 13.2 Å². The predicted molar refractivity (Wildman–Crippen MR) is 292 cm³/mol. The van der Waals surface area contributed by atoms with Gasteiger partial charge in [-0.2, -0.15) is 0 Å². The molecule has 0 spiro atoms. The molecule has 0 saturated heterocycles. The predicted octanol–water partition coefficient (Wildman–Crippen LogP) is 18.0. The first kappa shape index (κ1) is 64.6. The Morgan fingerprint density at radius 2 is 0.746 bits per heavy atom. The summed E-state index contributed by atoms with van der Waals surface area (Å²) in [4.78, 5) is 24.5. The Labute approximate surface area is 416 Å². The van der Waals surface area contributed by atoms with Crippen molar-refractivity contribution in [2.45, 2.75) is 302 Å². The molecule has 2 atom stereocenters. The quantitative estimate of drug-likeness (QED) is 0.0321. The average Bonchev–Trinajstić information content (AvgIpc) is 3.33. The highest BCUT2D eigenvalue weighted by atomic mass is 16.5. The second-order valence-corrected chi connectivity index (χ2v) is 19.6. The van der Waals surface area contributed by atoms with Gasteiger partial charge >= 0.3 is 5.97 Å². The Kier molecular flexibility index (Phi) is 54.1. The summed E-state index contributed by atoms with van der Waals surface area (Å²) in [6, 6.07) is -0.642. The molecule has 6 heteroatoms. The van der Waals surface area contributed by atoms with Crippen molar-refractivity contribution in [3.8, 4) is 0 Å². The smallest absolute Gasteiger partial charge is 0.305 e. The zero-order chi connectivity index (χ0) is 48.6. The van der Waals surface area contributed by atoms with E-state index >= 15 is 0 Å². The average molecular weight is 939 g/mol. The van der Waals surface area contributed by atoms with Crippen molar-refractivity contribution >= 4 is 11.9 Å². The van der Waals surface area contributed by atoms with Crippen LogP contribution in [0, 0.1) is 0 Å². The number of ether oxygens (including phenoxy) is 1. The van der Waals surface area contributed by atoms with Crippen LogP contribution in [0.4, 0.5) is 0 Å². The molecule has 0 aromatic rings. The van der Waals surface area contributed by atoms with Gasteiger partial charge in [0.05, 0.1) is 25.4 Å². The normalized spacial score (nSPS) is 13.1. The molecule has 0 aromatic heterocycles. The van der Waals surface area contributed by atoms with Crippen LogP contribution in [0.15, 0.2) is 60.8 Å². The summed E-state index contributed by atoms with van der Waals surface area (Å²) in [5, 5.41) is 23.1. The molecule has 390 valence electrons. The van der Waals surface area contributed by atoms with Crippen molar-refractivity contribution in [1.82, 2.24) is 5.32 Å². The minimum atomic E-state index is -0.857. The minimum Gasteiger partial charge on any atom is -0.466 e. The molecule has 0 aromatic carbocycles. The first-order valence-corrected chi connectivity index (χ1v) is 29.1. The molecule has 0 fully saturated rings. The van der Waals surface area contributed by atoms with Crippen molar-refractivity contribution in [3.63, 3.8) is 0 Å². The molecule has 0 aliphatic rings. The highest BCUT2D eigenvalue weighted by Crippen LogP contribution is 2.15. The van der Waals surface area contributed by atoms with Gasteiger partial charge in [-0.15, -0.1) is 0 Å². The zero-order valence-corrected chi connectivity index (χ0v) is 44.4. The van der Waals surface area contributed by atoms with Gasteiger partial charge in [0.25, 0.3) is 0 Å². The molecule has 0 radical (unpaired) electrons. The summed E-state index contributed by atoms with van der Waals surface area (Å²) in [6.07, 6.45) is 72.4. The molecule has 3 N–H and O–H groups in total. The van der Waals surface area contributed by atoms with Crippen LogP contribution in [0.3, 0.4) is 0 Å². The Morgan fingerprint density at radius 3 is 1.15 bits per heavy atom. The zero-order valence-electron chi connectivity index (χ0n) is 44.4. The molecule has 2 unspecified atom stereocenters. The summed E-state index contributed by atoms with van der Waals surface area (Å²) in [5.74, 6) is -0.115. The van der Waals surface area contributed by atoms with Crippen LogP contribution in [0.25, 0.3) is 0 Å². The second-order valence-electron chi connectivity index (χ2n) is 19.6. The number of carbonyl (C=O) groups is 2. The standard InChI is InChI=1S/C61H111NO5/c1-3-5-7-9-11-13-15-17-19-22-25-29-33-37-41-45-49-53-59(64)58(57-63)62-60(65)54-50-46-42-38-34-30-26-23-21-24-28-32-36-40-44-48-52-56-67-61(66)55-51-47-43-39-35-31-27-20-18-16-14-12-10-8-6-4-2/h14,16,20-21,24,27,32,36,49,53,58-59,63-64H,3-13,15,17-19,22-23,25-26,28-31,33-35,37-48,50-52,54-57H2,1-2H3,(H,62,65)/b16-14-,24-21-,27-20-,36-32-,53-49+. The number of amides is 1. The van der Waals surface area contributed by atoms with Crippen LogP contribution in [0.5, 0.6) is 0 Å². The third kappa shape index (κ3) is 52.8. The lowest BCUT2D eigenvalue weighted by Crippen LogP contribution is -2.45. The fourth-order valence-electron chi connectivity index (χ4n) is 8.52. The lowest BCUT2D eigenvalue weighted by Gasteiger charge is -2.20. The molecule has 1 amide bonds. The number of unbranched alkanes of at least 4 members (excludes halogenated alkanes) is 34. The van der Waals surface area contributed by atoms with E-state index in [1.807, 2.05) is 6.08 Å². The maximum absolute atomic E-state index is 12.5. The van der Waals surface area contributed by atoms with Crippen LogP contribution in [0.1, 0.15) is 290 Å². The first-order chi connectivity index (χ1) is 33.0. The Balaban J connectivity index is 3.55. The van der Waals surface area contributed by atoms with E-state index in [1.165, 1.54) is 167 Å². The molecule has 0 saturated carbocycles. The number of hydrogen-bond donors (Lipinski definition) is 3. The van der Waals surface area contributed by atoms with E-state index in [2.05, 4.69) is 67.8 Å². The largest absolute Gasteiger partial charge is 0.466 e. The first-order valence-electron chi connectivity index (χ1n) is 29.1. The summed E-state index contributed by atoms with van der Waals surface area (Å²) in [6.45, 7) is 4.83. The van der Waals surface area contributed by atoms with E-state index in [0.717, 1.165) is 96.3 Å². The number of allylic oxidation sites excluding steroid dienone is 9. The van der Waals surface area contributed by atoms with Crippen molar-refractivity contribution < 1.29 is 24.5 Å². The topological polar surface area (TPSA) is 95.9 Å². The number of hydrogen-bond acceptors (Lipinski definition) is 5. The number of carbonyl (C=O) groups excluding carboxylic acids is 2. The van der Waals surface area contributed by atoms with Gasteiger partial charge in [-0.1, -0.05) is 235 Å². The third-order valence-corrected chi connectivity index (χ3v) is 13.0. The van der Waals surface area contributed by atoms with Crippen LogP contribution in [0.2, 0.25) is 0 Å². The fraction of sp³-hybridized carbons (Fsp3) is 0.803. The van der Waals surface area contributed by atoms with Crippen molar-refractivity contribution in [2.24, 2.45) is 0 Å². The van der Waals surface area contributed by atoms with E-state index in [-0.39, 0.29) is 18.5 Å². The monoisotopic (exact) mass is 938 g/mol. The molecule has 0 aliphatic carbocycles. The third-order valence-electron chi connectivity index (χ3n) is 13.0. The van der Waals surface area contributed by atoms with Crippen molar-refractivity contribution in [3.05, 3.63) is 60.8 Å². The Bertz CT molecular complexity index is 1170. The van der Waals surface area contributed by atoms with E-state index in [0.29, 0.717) is 19.4 Å². The number of esters is 1.